The van der Waals surface area contributed by atoms with Gasteiger partial charge in [-0.15, -0.1) is 0 Å². The minimum atomic E-state index is 0.607. The topological polar surface area (TPSA) is 15.3 Å². The van der Waals surface area contributed by atoms with E-state index in [1.807, 2.05) is 12.1 Å². The Bertz CT molecular complexity index is 368. The summed E-state index contributed by atoms with van der Waals surface area (Å²) < 4.78 is 0. The summed E-state index contributed by atoms with van der Waals surface area (Å²) in [6, 6.07) is 6.11. The third-order valence-electron chi connectivity index (χ3n) is 3.13. The van der Waals surface area contributed by atoms with E-state index in [4.69, 9.17) is 23.2 Å². The zero-order chi connectivity index (χ0) is 11.5. The SMILES string of the molecule is CN1CCCC1CNc1cc(Cl)ccc1Cl. The van der Waals surface area contributed by atoms with Gasteiger partial charge in [-0.3, -0.25) is 0 Å². The van der Waals surface area contributed by atoms with Crippen LogP contribution in [0.15, 0.2) is 18.2 Å². The van der Waals surface area contributed by atoms with Gasteiger partial charge in [-0.05, 0) is 44.6 Å². The Morgan fingerprint density at radius 2 is 2.25 bits per heavy atom. The maximum Gasteiger partial charge on any atom is 0.0638 e. The predicted molar refractivity (Wildman–Crippen MR) is 70.6 cm³/mol. The molecule has 1 heterocycles. The molecular formula is C12H16Cl2N2. The van der Waals surface area contributed by atoms with Gasteiger partial charge in [0.1, 0.15) is 0 Å². The van der Waals surface area contributed by atoms with Crippen molar-refractivity contribution in [2.24, 2.45) is 0 Å². The van der Waals surface area contributed by atoms with Gasteiger partial charge >= 0.3 is 0 Å². The van der Waals surface area contributed by atoms with E-state index in [0.29, 0.717) is 11.1 Å². The average Bonchev–Trinajstić information content (AvgIpc) is 2.66. The van der Waals surface area contributed by atoms with E-state index in [2.05, 4.69) is 17.3 Å². The molecule has 1 saturated heterocycles. The summed E-state index contributed by atoms with van der Waals surface area (Å²) in [6.07, 6.45) is 2.54. The Morgan fingerprint density at radius 3 is 2.94 bits per heavy atom. The Hall–Kier alpha value is -0.440. The van der Waals surface area contributed by atoms with Crippen LogP contribution in [0.3, 0.4) is 0 Å². The first-order valence-electron chi connectivity index (χ1n) is 5.56. The van der Waals surface area contributed by atoms with Crippen molar-refractivity contribution in [3.63, 3.8) is 0 Å². The van der Waals surface area contributed by atoms with Crippen molar-refractivity contribution < 1.29 is 0 Å². The monoisotopic (exact) mass is 258 g/mol. The summed E-state index contributed by atoms with van der Waals surface area (Å²) in [7, 11) is 2.17. The first-order chi connectivity index (χ1) is 7.66. The highest BCUT2D eigenvalue weighted by atomic mass is 35.5. The lowest BCUT2D eigenvalue weighted by Gasteiger charge is -2.20. The van der Waals surface area contributed by atoms with E-state index in [-0.39, 0.29) is 0 Å². The number of nitrogens with zero attached hydrogens (tertiary/aromatic N) is 1. The van der Waals surface area contributed by atoms with Crippen molar-refractivity contribution >= 4 is 28.9 Å². The van der Waals surface area contributed by atoms with Crippen LogP contribution in [-0.2, 0) is 0 Å². The van der Waals surface area contributed by atoms with Crippen LogP contribution in [0.25, 0.3) is 0 Å². The number of halogens is 2. The molecule has 0 amide bonds. The first kappa shape index (κ1) is 12.0. The number of hydrogen-bond donors (Lipinski definition) is 1. The fourth-order valence-corrected chi connectivity index (χ4v) is 2.45. The number of rotatable bonds is 3. The molecule has 0 saturated carbocycles. The molecule has 4 heteroatoms. The lowest BCUT2D eigenvalue weighted by molar-refractivity contribution is 0.322. The van der Waals surface area contributed by atoms with E-state index in [1.165, 1.54) is 19.4 Å². The van der Waals surface area contributed by atoms with Crippen LogP contribution in [0.2, 0.25) is 10.0 Å². The Labute approximate surface area is 107 Å². The van der Waals surface area contributed by atoms with Crippen molar-refractivity contribution in [2.45, 2.75) is 18.9 Å². The van der Waals surface area contributed by atoms with Crippen LogP contribution in [0.5, 0.6) is 0 Å². The first-order valence-corrected chi connectivity index (χ1v) is 6.31. The highest BCUT2D eigenvalue weighted by Gasteiger charge is 2.20. The molecule has 0 radical (unpaired) electrons. The van der Waals surface area contributed by atoms with Crippen molar-refractivity contribution in [3.05, 3.63) is 28.2 Å². The smallest absolute Gasteiger partial charge is 0.0638 e. The lowest BCUT2D eigenvalue weighted by Crippen LogP contribution is -2.31. The van der Waals surface area contributed by atoms with Gasteiger partial charge < -0.3 is 10.2 Å². The molecule has 16 heavy (non-hydrogen) atoms. The molecule has 0 bridgehead atoms. The van der Waals surface area contributed by atoms with Crippen LogP contribution in [0.1, 0.15) is 12.8 Å². The molecule has 1 aliphatic rings. The molecule has 1 aromatic rings. The van der Waals surface area contributed by atoms with Gasteiger partial charge in [-0.2, -0.15) is 0 Å². The molecule has 1 atom stereocenters. The summed E-state index contributed by atoms with van der Waals surface area (Å²) in [6.45, 7) is 2.12. The van der Waals surface area contributed by atoms with Gasteiger partial charge in [-0.25, -0.2) is 0 Å². The summed E-state index contributed by atoms with van der Waals surface area (Å²) in [5.41, 5.74) is 0.925. The standard InChI is InChI=1S/C12H16Cl2N2/c1-16-6-2-3-10(16)8-15-12-7-9(13)4-5-11(12)14/h4-5,7,10,15H,2-3,6,8H2,1H3. The highest BCUT2D eigenvalue weighted by molar-refractivity contribution is 6.35. The molecule has 0 aromatic heterocycles. The van der Waals surface area contributed by atoms with E-state index >= 15 is 0 Å². The van der Waals surface area contributed by atoms with Gasteiger partial charge in [0.15, 0.2) is 0 Å². The largest absolute Gasteiger partial charge is 0.382 e. The minimum absolute atomic E-state index is 0.607. The quantitative estimate of drug-likeness (QED) is 0.893. The van der Waals surface area contributed by atoms with Crippen LogP contribution < -0.4 is 5.32 Å². The second kappa shape index (κ2) is 5.26. The molecule has 88 valence electrons. The summed E-state index contributed by atoms with van der Waals surface area (Å²) >= 11 is 12.0. The molecule has 0 aliphatic carbocycles. The van der Waals surface area contributed by atoms with E-state index in [1.54, 1.807) is 6.07 Å². The van der Waals surface area contributed by atoms with Gasteiger partial charge in [0, 0.05) is 17.6 Å². The Balaban J connectivity index is 1.96. The molecule has 2 rings (SSSR count). The van der Waals surface area contributed by atoms with Crippen LogP contribution in [-0.4, -0.2) is 31.1 Å². The number of likely N-dealkylation sites (N-methyl/N-ethyl adjacent to an activating group) is 1. The second-order valence-electron chi connectivity index (χ2n) is 4.28. The summed E-state index contributed by atoms with van der Waals surface area (Å²) in [5, 5.41) is 4.81. The van der Waals surface area contributed by atoms with Crippen molar-refractivity contribution in [2.75, 3.05) is 25.5 Å². The number of anilines is 1. The number of hydrogen-bond acceptors (Lipinski definition) is 2. The third-order valence-corrected chi connectivity index (χ3v) is 3.69. The van der Waals surface area contributed by atoms with E-state index < -0.39 is 0 Å². The van der Waals surface area contributed by atoms with Crippen molar-refractivity contribution in [1.82, 2.24) is 4.90 Å². The molecule has 1 fully saturated rings. The minimum Gasteiger partial charge on any atom is -0.382 e. The molecule has 0 spiro atoms. The number of nitrogens with one attached hydrogen (secondary N) is 1. The van der Waals surface area contributed by atoms with Crippen molar-refractivity contribution in [1.29, 1.82) is 0 Å². The Kier molecular flexibility index (Phi) is 3.95. The van der Waals surface area contributed by atoms with Gasteiger partial charge in [0.05, 0.1) is 10.7 Å². The second-order valence-corrected chi connectivity index (χ2v) is 5.13. The summed E-state index contributed by atoms with van der Waals surface area (Å²) in [4.78, 5) is 2.38. The van der Waals surface area contributed by atoms with Crippen molar-refractivity contribution in [3.8, 4) is 0 Å². The highest BCUT2D eigenvalue weighted by Crippen LogP contribution is 2.26. The fraction of sp³-hybridized carbons (Fsp3) is 0.500. The molecule has 1 N–H and O–H groups in total. The normalized spacial score (nSPS) is 21.3. The predicted octanol–water partition coefficient (Wildman–Crippen LogP) is 3.50. The Morgan fingerprint density at radius 1 is 1.44 bits per heavy atom. The van der Waals surface area contributed by atoms with Gasteiger partial charge in [-0.1, -0.05) is 23.2 Å². The maximum absolute atomic E-state index is 6.08. The number of likely N-dealkylation sites (tertiary alicyclic amines) is 1. The van der Waals surface area contributed by atoms with E-state index in [9.17, 15) is 0 Å². The summed E-state index contributed by atoms with van der Waals surface area (Å²) in [5.74, 6) is 0. The third kappa shape index (κ3) is 2.82. The molecule has 2 nitrogen and oxygen atoms in total. The van der Waals surface area contributed by atoms with Crippen LogP contribution in [0, 0.1) is 0 Å². The fourth-order valence-electron chi connectivity index (χ4n) is 2.10. The van der Waals surface area contributed by atoms with Gasteiger partial charge in [0.2, 0.25) is 0 Å². The molecular weight excluding hydrogens is 243 g/mol. The van der Waals surface area contributed by atoms with Crippen LogP contribution in [0.4, 0.5) is 5.69 Å². The van der Waals surface area contributed by atoms with Crippen LogP contribution >= 0.6 is 23.2 Å². The molecule has 1 unspecified atom stereocenters. The zero-order valence-corrected chi connectivity index (χ0v) is 10.9. The van der Waals surface area contributed by atoms with Gasteiger partial charge in [0.25, 0.3) is 0 Å². The molecule has 1 aliphatic heterocycles. The average molecular weight is 259 g/mol. The molecule has 1 aromatic carbocycles. The van der Waals surface area contributed by atoms with E-state index in [0.717, 1.165) is 17.3 Å². The maximum atomic E-state index is 6.08. The lowest BCUT2D eigenvalue weighted by atomic mass is 10.2. The zero-order valence-electron chi connectivity index (χ0n) is 9.34. The number of benzene rings is 1.